The van der Waals surface area contributed by atoms with Gasteiger partial charge in [0.15, 0.2) is 6.40 Å². The summed E-state index contributed by atoms with van der Waals surface area (Å²) >= 11 is 6.07. The first kappa shape index (κ1) is 19.0. The maximum Gasteiger partial charge on any atom is 0.416 e. The molecule has 4 heterocycles. The van der Waals surface area contributed by atoms with Crippen LogP contribution >= 0.6 is 11.6 Å². The van der Waals surface area contributed by atoms with Crippen LogP contribution in [0.1, 0.15) is 18.5 Å². The second-order valence-corrected chi connectivity index (χ2v) is 8.13. The van der Waals surface area contributed by atoms with Crippen LogP contribution in [0.5, 0.6) is 0 Å². The van der Waals surface area contributed by atoms with Gasteiger partial charge >= 0.3 is 6.09 Å². The molecule has 2 fully saturated rings. The SMILES string of the molecule is N=COC(=O)N1C2CCC1CN(Cc1c(-c3ccc(Cl)cc3)nc3ncccn13)C2. The first-order chi connectivity index (χ1) is 14.6. The molecule has 2 saturated heterocycles. The van der Waals surface area contributed by atoms with Crippen LogP contribution in [-0.2, 0) is 11.3 Å². The molecule has 5 rings (SSSR count). The van der Waals surface area contributed by atoms with Crippen molar-refractivity contribution in [1.29, 1.82) is 5.41 Å². The largest absolute Gasteiger partial charge is 0.416 e. The van der Waals surface area contributed by atoms with Gasteiger partial charge in [0.05, 0.1) is 11.4 Å². The first-order valence-corrected chi connectivity index (χ1v) is 10.3. The number of nitrogens with zero attached hydrogens (tertiary/aromatic N) is 5. The second kappa shape index (κ2) is 7.70. The van der Waals surface area contributed by atoms with E-state index >= 15 is 0 Å². The molecule has 8 nitrogen and oxygen atoms in total. The van der Waals surface area contributed by atoms with E-state index in [-0.39, 0.29) is 12.1 Å². The number of likely N-dealkylation sites (tertiary alicyclic amines) is 1. The zero-order chi connectivity index (χ0) is 20.7. The molecule has 2 bridgehead atoms. The highest BCUT2D eigenvalue weighted by Gasteiger charge is 2.43. The van der Waals surface area contributed by atoms with Crippen LogP contribution in [0.25, 0.3) is 17.0 Å². The van der Waals surface area contributed by atoms with E-state index in [0.29, 0.717) is 23.7 Å². The highest BCUT2D eigenvalue weighted by molar-refractivity contribution is 6.30. The fourth-order valence-corrected chi connectivity index (χ4v) is 4.79. The Bertz CT molecular complexity index is 1080. The molecule has 2 aliphatic heterocycles. The lowest BCUT2D eigenvalue weighted by atomic mass is 10.1. The Morgan fingerprint density at radius 3 is 2.67 bits per heavy atom. The van der Waals surface area contributed by atoms with Crippen molar-refractivity contribution >= 4 is 29.9 Å². The third kappa shape index (κ3) is 3.32. The molecular formula is C21H21ClN6O2. The summed E-state index contributed by atoms with van der Waals surface area (Å²) in [6, 6.07) is 9.79. The number of halogens is 1. The van der Waals surface area contributed by atoms with Gasteiger partial charge in [-0.2, -0.15) is 0 Å². The van der Waals surface area contributed by atoms with Crippen LogP contribution in [0.3, 0.4) is 0 Å². The van der Waals surface area contributed by atoms with Crippen molar-refractivity contribution < 1.29 is 9.53 Å². The van der Waals surface area contributed by atoms with Gasteiger partial charge in [-0.15, -0.1) is 0 Å². The highest BCUT2D eigenvalue weighted by atomic mass is 35.5. The molecule has 9 heteroatoms. The highest BCUT2D eigenvalue weighted by Crippen LogP contribution is 2.33. The van der Waals surface area contributed by atoms with Crippen LogP contribution in [0.15, 0.2) is 42.7 Å². The third-order valence-electron chi connectivity index (χ3n) is 5.92. The third-order valence-corrected chi connectivity index (χ3v) is 6.17. The molecule has 2 aliphatic rings. The normalized spacial score (nSPS) is 21.2. The van der Waals surface area contributed by atoms with Crippen molar-refractivity contribution in [2.75, 3.05) is 13.1 Å². The molecule has 2 atom stereocenters. The number of hydrogen-bond donors (Lipinski definition) is 1. The van der Waals surface area contributed by atoms with Crippen molar-refractivity contribution in [2.24, 2.45) is 0 Å². The summed E-state index contributed by atoms with van der Waals surface area (Å²) in [6.07, 6.45) is 5.91. The van der Waals surface area contributed by atoms with Crippen molar-refractivity contribution in [3.05, 3.63) is 53.4 Å². The molecule has 1 amide bonds. The number of carbonyl (C=O) groups is 1. The van der Waals surface area contributed by atoms with Gasteiger partial charge in [-0.05, 0) is 31.0 Å². The second-order valence-electron chi connectivity index (χ2n) is 7.69. The quantitative estimate of drug-likeness (QED) is 0.512. The predicted octanol–water partition coefficient (Wildman–Crippen LogP) is 3.44. The number of benzene rings is 1. The molecule has 0 spiro atoms. The monoisotopic (exact) mass is 424 g/mol. The first-order valence-electron chi connectivity index (χ1n) is 9.92. The Balaban J connectivity index is 1.45. The lowest BCUT2D eigenvalue weighted by molar-refractivity contribution is 0.0617. The summed E-state index contributed by atoms with van der Waals surface area (Å²) in [5.74, 6) is 0.661. The van der Waals surface area contributed by atoms with Crippen LogP contribution in [-0.4, -0.2) is 61.8 Å². The van der Waals surface area contributed by atoms with E-state index < -0.39 is 6.09 Å². The lowest BCUT2D eigenvalue weighted by Crippen LogP contribution is -2.55. The Morgan fingerprint density at radius 1 is 1.23 bits per heavy atom. The summed E-state index contributed by atoms with van der Waals surface area (Å²) in [5, 5.41) is 7.73. The van der Waals surface area contributed by atoms with Crippen molar-refractivity contribution in [2.45, 2.75) is 31.5 Å². The van der Waals surface area contributed by atoms with Crippen molar-refractivity contribution in [3.63, 3.8) is 0 Å². The fraction of sp³-hybridized carbons (Fsp3) is 0.333. The fourth-order valence-electron chi connectivity index (χ4n) is 4.67. The standard InChI is InChI=1S/C21H21ClN6O2/c22-15-4-2-14(3-5-15)19-18(27-9-1-8-24-20(27)25-19)12-26-10-16-6-7-17(11-26)28(16)21(29)30-13-23/h1-5,8-9,13,16-17,23H,6-7,10-12H2. The number of rotatable bonds is 4. The molecule has 2 aromatic heterocycles. The van der Waals surface area contributed by atoms with E-state index in [1.807, 2.05) is 40.9 Å². The molecule has 1 aromatic carbocycles. The number of hydrogen-bond acceptors (Lipinski definition) is 6. The maximum absolute atomic E-state index is 12.2. The van der Waals surface area contributed by atoms with Crippen LogP contribution in [0.2, 0.25) is 5.02 Å². The van der Waals surface area contributed by atoms with Crippen LogP contribution < -0.4 is 0 Å². The summed E-state index contributed by atoms with van der Waals surface area (Å²) < 4.78 is 6.85. The number of ether oxygens (including phenoxy) is 1. The zero-order valence-electron chi connectivity index (χ0n) is 16.2. The molecule has 2 unspecified atom stereocenters. The summed E-state index contributed by atoms with van der Waals surface area (Å²) in [4.78, 5) is 25.6. The van der Waals surface area contributed by atoms with Gasteiger partial charge in [0.1, 0.15) is 0 Å². The topological polar surface area (TPSA) is 86.8 Å². The molecule has 30 heavy (non-hydrogen) atoms. The number of aromatic nitrogens is 3. The van der Waals surface area contributed by atoms with E-state index in [2.05, 4.69) is 9.88 Å². The van der Waals surface area contributed by atoms with Gasteiger partial charge in [0.2, 0.25) is 5.78 Å². The lowest BCUT2D eigenvalue weighted by Gasteiger charge is -2.40. The van der Waals surface area contributed by atoms with Gasteiger partial charge in [0, 0.05) is 54.7 Å². The number of amides is 1. The van der Waals surface area contributed by atoms with Crippen LogP contribution in [0, 0.1) is 5.41 Å². The molecule has 1 N–H and O–H groups in total. The molecule has 3 aromatic rings. The minimum absolute atomic E-state index is 0.104. The van der Waals surface area contributed by atoms with Gasteiger partial charge in [-0.25, -0.2) is 14.8 Å². The Hall–Kier alpha value is -2.97. The number of fused-ring (bicyclic) bond motifs is 3. The van der Waals surface area contributed by atoms with E-state index in [9.17, 15) is 4.79 Å². The molecule has 0 saturated carbocycles. The zero-order valence-corrected chi connectivity index (χ0v) is 17.0. The minimum atomic E-state index is -0.419. The summed E-state index contributed by atoms with van der Waals surface area (Å²) in [5.41, 5.74) is 2.95. The Labute approximate surface area is 178 Å². The molecule has 154 valence electrons. The van der Waals surface area contributed by atoms with E-state index in [0.717, 1.165) is 42.9 Å². The summed E-state index contributed by atoms with van der Waals surface area (Å²) in [6.45, 7) is 2.22. The van der Waals surface area contributed by atoms with Gasteiger partial charge in [0.25, 0.3) is 0 Å². The van der Waals surface area contributed by atoms with E-state index in [4.69, 9.17) is 26.7 Å². The maximum atomic E-state index is 12.2. The number of imidazole rings is 1. The summed E-state index contributed by atoms with van der Waals surface area (Å²) in [7, 11) is 0. The predicted molar refractivity (Wildman–Crippen MR) is 113 cm³/mol. The number of carbonyl (C=O) groups excluding carboxylic acids is 1. The minimum Gasteiger partial charge on any atom is -0.399 e. The molecule has 0 radical (unpaired) electrons. The van der Waals surface area contributed by atoms with Gasteiger partial charge in [-0.1, -0.05) is 23.7 Å². The van der Waals surface area contributed by atoms with Crippen molar-refractivity contribution in [3.8, 4) is 11.3 Å². The average Bonchev–Trinajstić information content (AvgIpc) is 3.24. The van der Waals surface area contributed by atoms with E-state index in [1.54, 1.807) is 11.1 Å². The number of nitrogens with one attached hydrogen (secondary N) is 1. The number of piperazine rings is 1. The smallest absolute Gasteiger partial charge is 0.399 e. The Kier molecular flexibility index (Phi) is 4.88. The molecular weight excluding hydrogens is 404 g/mol. The van der Waals surface area contributed by atoms with Crippen LogP contribution in [0.4, 0.5) is 4.79 Å². The average molecular weight is 425 g/mol. The van der Waals surface area contributed by atoms with Gasteiger partial charge < -0.3 is 4.74 Å². The van der Waals surface area contributed by atoms with Crippen molar-refractivity contribution in [1.82, 2.24) is 24.2 Å². The van der Waals surface area contributed by atoms with E-state index in [1.165, 1.54) is 0 Å². The Morgan fingerprint density at radius 2 is 1.97 bits per heavy atom. The molecule has 0 aliphatic carbocycles. The van der Waals surface area contributed by atoms with Gasteiger partial charge in [-0.3, -0.25) is 19.6 Å².